The van der Waals surface area contributed by atoms with Crippen LogP contribution in [0.25, 0.3) is 0 Å². The minimum Gasteiger partial charge on any atom is -0.459 e. The molecule has 3 aromatic rings. The van der Waals surface area contributed by atoms with Gasteiger partial charge >= 0.3 is 5.97 Å². The van der Waals surface area contributed by atoms with E-state index in [9.17, 15) is 19.7 Å². The summed E-state index contributed by atoms with van der Waals surface area (Å²) in [5.74, 6) is -1.10. The molecule has 158 valence electrons. The first-order chi connectivity index (χ1) is 14.8. The topological polar surface area (TPSA) is 98.5 Å². The zero-order chi connectivity index (χ0) is 22.4. The molecule has 0 aliphatic carbocycles. The largest absolute Gasteiger partial charge is 0.459 e. The molecule has 0 fully saturated rings. The van der Waals surface area contributed by atoms with Crippen LogP contribution in [0.5, 0.6) is 0 Å². The SMILES string of the molecule is Cc1ccc(C(=O)N[C@@H](C(=O)OCc2ccc([N+](=O)[O-])cc2Cl)c2ccccc2)cc1. The quantitative estimate of drug-likeness (QED) is 0.325. The number of nitro groups is 1. The molecular formula is C23H19ClN2O5. The van der Waals surface area contributed by atoms with Crippen LogP contribution in [0.4, 0.5) is 5.69 Å². The number of non-ortho nitro benzene ring substituents is 1. The summed E-state index contributed by atoms with van der Waals surface area (Å²) < 4.78 is 5.37. The maximum Gasteiger partial charge on any atom is 0.333 e. The fourth-order valence-electron chi connectivity index (χ4n) is 2.84. The van der Waals surface area contributed by atoms with Gasteiger partial charge < -0.3 is 10.1 Å². The standard InChI is InChI=1S/C23H19ClN2O5/c1-15-7-9-17(10-8-15)22(27)25-21(16-5-3-2-4-6-16)23(28)31-14-18-11-12-19(26(29)30)13-20(18)24/h2-13,21H,14H2,1H3,(H,25,27)/t21-/m1/s1. The highest BCUT2D eigenvalue weighted by atomic mass is 35.5. The Balaban J connectivity index is 1.76. The van der Waals surface area contributed by atoms with Gasteiger partial charge in [-0.15, -0.1) is 0 Å². The molecule has 8 heteroatoms. The van der Waals surface area contributed by atoms with Crippen LogP contribution in [0, 0.1) is 17.0 Å². The Bertz CT molecular complexity index is 1100. The zero-order valence-electron chi connectivity index (χ0n) is 16.6. The van der Waals surface area contributed by atoms with Crippen molar-refractivity contribution in [1.29, 1.82) is 0 Å². The second kappa shape index (κ2) is 9.86. The third-order valence-electron chi connectivity index (χ3n) is 4.58. The molecule has 7 nitrogen and oxygen atoms in total. The van der Waals surface area contributed by atoms with Crippen LogP contribution in [0.3, 0.4) is 0 Å². The number of hydrogen-bond donors (Lipinski definition) is 1. The summed E-state index contributed by atoms with van der Waals surface area (Å²) in [4.78, 5) is 35.8. The summed E-state index contributed by atoms with van der Waals surface area (Å²) in [6.45, 7) is 1.72. The highest BCUT2D eigenvalue weighted by Crippen LogP contribution is 2.24. The van der Waals surface area contributed by atoms with Crippen molar-refractivity contribution < 1.29 is 19.2 Å². The Morgan fingerprint density at radius 2 is 1.74 bits per heavy atom. The van der Waals surface area contributed by atoms with E-state index >= 15 is 0 Å². The van der Waals surface area contributed by atoms with E-state index in [2.05, 4.69) is 5.32 Å². The smallest absolute Gasteiger partial charge is 0.333 e. The van der Waals surface area contributed by atoms with Crippen molar-refractivity contribution in [1.82, 2.24) is 5.32 Å². The van der Waals surface area contributed by atoms with E-state index in [1.54, 1.807) is 54.6 Å². The average molecular weight is 439 g/mol. The summed E-state index contributed by atoms with van der Waals surface area (Å²) in [6, 6.07) is 18.5. The highest BCUT2D eigenvalue weighted by Gasteiger charge is 2.25. The van der Waals surface area contributed by atoms with Gasteiger partial charge in [0.1, 0.15) is 6.61 Å². The number of nitro benzene ring substituents is 1. The molecule has 0 saturated carbocycles. The number of benzene rings is 3. The normalized spacial score (nSPS) is 11.4. The zero-order valence-corrected chi connectivity index (χ0v) is 17.3. The van der Waals surface area contributed by atoms with Gasteiger partial charge in [0.25, 0.3) is 11.6 Å². The van der Waals surface area contributed by atoms with Crippen molar-refractivity contribution in [2.45, 2.75) is 19.6 Å². The first kappa shape index (κ1) is 22.0. The van der Waals surface area contributed by atoms with E-state index in [1.807, 2.05) is 6.92 Å². The van der Waals surface area contributed by atoms with Gasteiger partial charge in [0, 0.05) is 23.3 Å². The summed E-state index contributed by atoms with van der Waals surface area (Å²) in [7, 11) is 0. The van der Waals surface area contributed by atoms with Gasteiger partial charge in [0.2, 0.25) is 0 Å². The third kappa shape index (κ3) is 5.67. The number of nitrogens with zero attached hydrogens (tertiary/aromatic N) is 1. The molecule has 0 radical (unpaired) electrons. The maximum absolute atomic E-state index is 12.8. The molecule has 0 unspecified atom stereocenters. The molecule has 1 N–H and O–H groups in total. The Kier molecular flexibility index (Phi) is 6.99. The molecule has 0 saturated heterocycles. The van der Waals surface area contributed by atoms with E-state index < -0.39 is 22.8 Å². The van der Waals surface area contributed by atoms with Crippen LogP contribution in [-0.2, 0) is 16.1 Å². The lowest BCUT2D eigenvalue weighted by Gasteiger charge is -2.18. The predicted octanol–water partition coefficient (Wildman–Crippen LogP) is 4.77. The van der Waals surface area contributed by atoms with Crippen LogP contribution in [-0.4, -0.2) is 16.8 Å². The third-order valence-corrected chi connectivity index (χ3v) is 4.93. The molecule has 3 rings (SSSR count). The monoisotopic (exact) mass is 438 g/mol. The van der Waals surface area contributed by atoms with Crippen LogP contribution >= 0.6 is 11.6 Å². The molecule has 31 heavy (non-hydrogen) atoms. The number of esters is 1. The number of nitrogens with one attached hydrogen (secondary N) is 1. The van der Waals surface area contributed by atoms with Crippen LogP contribution < -0.4 is 5.32 Å². The lowest BCUT2D eigenvalue weighted by atomic mass is 10.1. The van der Waals surface area contributed by atoms with Crippen molar-refractivity contribution in [3.05, 3.63) is 110 Å². The lowest BCUT2D eigenvalue weighted by molar-refractivity contribution is -0.384. The van der Waals surface area contributed by atoms with E-state index in [0.717, 1.165) is 5.56 Å². The number of rotatable bonds is 7. The van der Waals surface area contributed by atoms with E-state index in [1.165, 1.54) is 18.2 Å². The fraction of sp³-hybridized carbons (Fsp3) is 0.130. The van der Waals surface area contributed by atoms with Gasteiger partial charge in [-0.3, -0.25) is 14.9 Å². The summed E-state index contributed by atoms with van der Waals surface area (Å²) >= 11 is 6.07. The Morgan fingerprint density at radius 1 is 1.06 bits per heavy atom. The summed E-state index contributed by atoms with van der Waals surface area (Å²) in [5, 5.41) is 13.7. The molecule has 3 aromatic carbocycles. The summed E-state index contributed by atoms with van der Waals surface area (Å²) in [6.07, 6.45) is 0. The molecule has 0 bridgehead atoms. The minimum atomic E-state index is -1.04. The number of ether oxygens (including phenoxy) is 1. The second-order valence-corrected chi connectivity index (χ2v) is 7.23. The van der Waals surface area contributed by atoms with E-state index in [4.69, 9.17) is 16.3 Å². The fourth-order valence-corrected chi connectivity index (χ4v) is 3.07. The molecular weight excluding hydrogens is 420 g/mol. The average Bonchev–Trinajstić information content (AvgIpc) is 2.77. The van der Waals surface area contributed by atoms with Crippen molar-refractivity contribution in [2.75, 3.05) is 0 Å². The second-order valence-electron chi connectivity index (χ2n) is 6.82. The molecule has 1 atom stereocenters. The number of hydrogen-bond acceptors (Lipinski definition) is 5. The van der Waals surface area contributed by atoms with Crippen molar-refractivity contribution in [3.63, 3.8) is 0 Å². The number of carbonyl (C=O) groups excluding carboxylic acids is 2. The molecule has 1 amide bonds. The van der Waals surface area contributed by atoms with Gasteiger partial charge in [0.15, 0.2) is 6.04 Å². The summed E-state index contributed by atoms with van der Waals surface area (Å²) in [5.41, 5.74) is 2.24. The van der Waals surface area contributed by atoms with Crippen LogP contribution in [0.2, 0.25) is 5.02 Å². The van der Waals surface area contributed by atoms with Crippen LogP contribution in [0.15, 0.2) is 72.8 Å². The van der Waals surface area contributed by atoms with Gasteiger partial charge in [-0.25, -0.2) is 4.79 Å². The highest BCUT2D eigenvalue weighted by molar-refractivity contribution is 6.31. The van der Waals surface area contributed by atoms with Gasteiger partial charge in [0.05, 0.1) is 9.95 Å². The van der Waals surface area contributed by atoms with Gasteiger partial charge in [-0.05, 0) is 30.7 Å². The first-order valence-electron chi connectivity index (χ1n) is 9.37. The molecule has 0 aliphatic heterocycles. The lowest BCUT2D eigenvalue weighted by Crippen LogP contribution is -2.35. The van der Waals surface area contributed by atoms with Crippen LogP contribution in [0.1, 0.15) is 33.1 Å². The number of amides is 1. The van der Waals surface area contributed by atoms with Crippen molar-refractivity contribution >= 4 is 29.2 Å². The number of halogens is 1. The van der Waals surface area contributed by atoms with Crippen molar-refractivity contribution in [3.8, 4) is 0 Å². The first-order valence-corrected chi connectivity index (χ1v) is 9.75. The Hall–Kier alpha value is -3.71. The van der Waals surface area contributed by atoms with Gasteiger partial charge in [-0.1, -0.05) is 59.6 Å². The molecule has 0 aliphatic rings. The Morgan fingerprint density at radius 3 is 2.35 bits per heavy atom. The molecule has 0 aromatic heterocycles. The Labute approximate surface area is 183 Å². The van der Waals surface area contributed by atoms with Gasteiger partial charge in [-0.2, -0.15) is 0 Å². The van der Waals surface area contributed by atoms with E-state index in [0.29, 0.717) is 16.7 Å². The molecule has 0 heterocycles. The predicted molar refractivity (Wildman–Crippen MR) is 116 cm³/mol. The van der Waals surface area contributed by atoms with E-state index in [-0.39, 0.29) is 17.3 Å². The maximum atomic E-state index is 12.8. The minimum absolute atomic E-state index is 0.113. The molecule has 0 spiro atoms. The number of carbonyl (C=O) groups is 2. The number of aryl methyl sites for hydroxylation is 1. The van der Waals surface area contributed by atoms with Crippen molar-refractivity contribution in [2.24, 2.45) is 0 Å².